The van der Waals surface area contributed by atoms with Crippen LogP contribution in [0.1, 0.15) is 5.56 Å². The van der Waals surface area contributed by atoms with Crippen molar-refractivity contribution >= 4 is 45.8 Å². The third kappa shape index (κ3) is 4.18. The average molecular weight is 390 g/mol. The lowest BCUT2D eigenvalue weighted by molar-refractivity contribution is -0.115. The highest BCUT2D eigenvalue weighted by atomic mass is 127. The topological polar surface area (TPSA) is 29.1 Å². The molecule has 0 bridgehead atoms. The van der Waals surface area contributed by atoms with Gasteiger partial charge in [-0.05, 0) is 58.5 Å². The Morgan fingerprint density at radius 1 is 1.21 bits per heavy atom. The molecule has 2 aromatic carbocycles. The Hall–Kier alpha value is -1.14. The van der Waals surface area contributed by atoms with Crippen LogP contribution in [0.25, 0.3) is 0 Å². The van der Waals surface area contributed by atoms with Gasteiger partial charge in [0.2, 0.25) is 5.91 Å². The SMILES string of the molecule is O=C(Cc1ccc(Cl)cc1)Nc1ccc(F)cc1I. The number of anilines is 1. The Labute approximate surface area is 129 Å². The quantitative estimate of drug-likeness (QED) is 0.781. The van der Waals surface area contributed by atoms with E-state index in [1.54, 1.807) is 30.3 Å². The summed E-state index contributed by atoms with van der Waals surface area (Å²) in [6.45, 7) is 0. The minimum atomic E-state index is -0.319. The van der Waals surface area contributed by atoms with Gasteiger partial charge in [0.15, 0.2) is 0 Å². The fourth-order valence-electron chi connectivity index (χ4n) is 1.57. The summed E-state index contributed by atoms with van der Waals surface area (Å²) in [7, 11) is 0. The van der Waals surface area contributed by atoms with Gasteiger partial charge >= 0.3 is 0 Å². The van der Waals surface area contributed by atoms with E-state index in [-0.39, 0.29) is 18.1 Å². The maximum atomic E-state index is 12.9. The van der Waals surface area contributed by atoms with E-state index >= 15 is 0 Å². The van der Waals surface area contributed by atoms with Crippen molar-refractivity contribution in [1.82, 2.24) is 0 Å². The second kappa shape index (κ2) is 6.34. The lowest BCUT2D eigenvalue weighted by Crippen LogP contribution is -2.15. The molecule has 0 saturated heterocycles. The number of carbonyl (C=O) groups excluding carboxylic acids is 1. The summed E-state index contributed by atoms with van der Waals surface area (Å²) in [6, 6.07) is 11.3. The molecule has 0 fully saturated rings. The number of hydrogen-bond donors (Lipinski definition) is 1. The predicted molar refractivity (Wildman–Crippen MR) is 82.9 cm³/mol. The summed E-state index contributed by atoms with van der Waals surface area (Å²) in [6.07, 6.45) is 0.255. The molecule has 0 unspecified atom stereocenters. The largest absolute Gasteiger partial charge is 0.325 e. The second-order valence-electron chi connectivity index (χ2n) is 3.98. The van der Waals surface area contributed by atoms with Crippen LogP contribution in [0.2, 0.25) is 5.02 Å². The number of carbonyl (C=O) groups is 1. The molecule has 0 spiro atoms. The molecule has 0 aliphatic carbocycles. The van der Waals surface area contributed by atoms with Gasteiger partial charge in [0.25, 0.3) is 0 Å². The summed E-state index contributed by atoms with van der Waals surface area (Å²) in [5, 5.41) is 3.39. The second-order valence-corrected chi connectivity index (χ2v) is 5.57. The number of hydrogen-bond acceptors (Lipinski definition) is 1. The maximum absolute atomic E-state index is 12.9. The van der Waals surface area contributed by atoms with Crippen molar-refractivity contribution in [3.05, 3.63) is 62.4 Å². The van der Waals surface area contributed by atoms with Gasteiger partial charge in [-0.1, -0.05) is 23.7 Å². The number of amides is 1. The third-order valence-corrected chi connectivity index (χ3v) is 3.63. The van der Waals surface area contributed by atoms with Crippen molar-refractivity contribution in [3.63, 3.8) is 0 Å². The summed E-state index contributed by atoms with van der Waals surface area (Å²) in [5.41, 5.74) is 1.49. The fraction of sp³-hybridized carbons (Fsp3) is 0.0714. The van der Waals surface area contributed by atoms with E-state index in [1.165, 1.54) is 12.1 Å². The number of halogens is 3. The molecule has 1 N–H and O–H groups in total. The van der Waals surface area contributed by atoms with Crippen molar-refractivity contribution in [1.29, 1.82) is 0 Å². The zero-order valence-electron chi connectivity index (χ0n) is 9.79. The van der Waals surface area contributed by atoms with Crippen LogP contribution in [0.4, 0.5) is 10.1 Å². The average Bonchev–Trinajstić information content (AvgIpc) is 2.36. The first-order valence-electron chi connectivity index (χ1n) is 5.54. The van der Waals surface area contributed by atoms with E-state index in [1.807, 2.05) is 22.6 Å². The van der Waals surface area contributed by atoms with Crippen LogP contribution in [-0.2, 0) is 11.2 Å². The molecule has 0 aliphatic rings. The number of nitrogens with one attached hydrogen (secondary N) is 1. The normalized spacial score (nSPS) is 10.3. The highest BCUT2D eigenvalue weighted by Crippen LogP contribution is 2.19. The lowest BCUT2D eigenvalue weighted by atomic mass is 10.1. The molecular formula is C14H10ClFINO. The van der Waals surface area contributed by atoms with Crippen molar-refractivity contribution in [2.75, 3.05) is 5.32 Å². The van der Waals surface area contributed by atoms with Gasteiger partial charge < -0.3 is 5.32 Å². The molecule has 1 amide bonds. The first-order chi connectivity index (χ1) is 9.04. The van der Waals surface area contributed by atoms with E-state index in [9.17, 15) is 9.18 Å². The minimum absolute atomic E-state index is 0.146. The van der Waals surface area contributed by atoms with E-state index in [0.29, 0.717) is 14.3 Å². The van der Waals surface area contributed by atoms with Crippen molar-refractivity contribution < 1.29 is 9.18 Å². The Balaban J connectivity index is 2.03. The molecule has 5 heteroatoms. The van der Waals surface area contributed by atoms with E-state index < -0.39 is 0 Å². The Morgan fingerprint density at radius 2 is 1.89 bits per heavy atom. The smallest absolute Gasteiger partial charge is 0.228 e. The van der Waals surface area contributed by atoms with Crippen molar-refractivity contribution in [2.45, 2.75) is 6.42 Å². The van der Waals surface area contributed by atoms with Crippen molar-refractivity contribution in [2.24, 2.45) is 0 Å². The van der Waals surface area contributed by atoms with Crippen LogP contribution in [0.15, 0.2) is 42.5 Å². The van der Waals surface area contributed by atoms with Crippen LogP contribution in [0.3, 0.4) is 0 Å². The molecule has 98 valence electrons. The zero-order chi connectivity index (χ0) is 13.8. The molecular weight excluding hydrogens is 380 g/mol. The van der Waals surface area contributed by atoms with Gasteiger partial charge in [0, 0.05) is 8.59 Å². The third-order valence-electron chi connectivity index (χ3n) is 2.48. The van der Waals surface area contributed by atoms with Crippen LogP contribution in [-0.4, -0.2) is 5.91 Å². The lowest BCUT2D eigenvalue weighted by Gasteiger charge is -2.07. The van der Waals surface area contributed by atoms with Crippen molar-refractivity contribution in [3.8, 4) is 0 Å². The van der Waals surface area contributed by atoms with E-state index in [0.717, 1.165) is 5.56 Å². The van der Waals surface area contributed by atoms with Crippen LogP contribution < -0.4 is 5.32 Å². The first-order valence-corrected chi connectivity index (χ1v) is 6.99. The molecule has 0 radical (unpaired) electrons. The molecule has 19 heavy (non-hydrogen) atoms. The predicted octanol–water partition coefficient (Wildman–Crippen LogP) is 4.26. The van der Waals surface area contributed by atoms with Gasteiger partial charge in [-0.3, -0.25) is 4.79 Å². The maximum Gasteiger partial charge on any atom is 0.228 e. The summed E-state index contributed by atoms with van der Waals surface area (Å²) < 4.78 is 13.6. The van der Waals surface area contributed by atoms with Crippen LogP contribution >= 0.6 is 34.2 Å². The number of rotatable bonds is 3. The molecule has 2 aromatic rings. The minimum Gasteiger partial charge on any atom is -0.325 e. The standard InChI is InChI=1S/C14H10ClFINO/c15-10-3-1-9(2-4-10)7-14(19)18-13-6-5-11(16)8-12(13)17/h1-6,8H,7H2,(H,18,19). The molecule has 0 heterocycles. The van der Waals surface area contributed by atoms with Crippen LogP contribution in [0.5, 0.6) is 0 Å². The van der Waals surface area contributed by atoms with Gasteiger partial charge in [-0.25, -0.2) is 4.39 Å². The van der Waals surface area contributed by atoms with Gasteiger partial charge in [-0.2, -0.15) is 0 Å². The molecule has 2 rings (SSSR count). The molecule has 0 aliphatic heterocycles. The Kier molecular flexibility index (Phi) is 4.76. The summed E-state index contributed by atoms with van der Waals surface area (Å²) in [5.74, 6) is -0.466. The van der Waals surface area contributed by atoms with Crippen LogP contribution in [0, 0.1) is 9.39 Å². The van der Waals surface area contributed by atoms with Gasteiger partial charge in [0.05, 0.1) is 12.1 Å². The van der Waals surface area contributed by atoms with E-state index in [4.69, 9.17) is 11.6 Å². The summed E-state index contributed by atoms with van der Waals surface area (Å²) in [4.78, 5) is 11.9. The first kappa shape index (κ1) is 14.3. The highest BCUT2D eigenvalue weighted by molar-refractivity contribution is 14.1. The Morgan fingerprint density at radius 3 is 2.53 bits per heavy atom. The molecule has 0 saturated carbocycles. The molecule has 2 nitrogen and oxygen atoms in total. The van der Waals surface area contributed by atoms with Gasteiger partial charge in [-0.15, -0.1) is 0 Å². The molecule has 0 aromatic heterocycles. The Bertz CT molecular complexity index is 601. The summed E-state index contributed by atoms with van der Waals surface area (Å²) >= 11 is 7.76. The molecule has 0 atom stereocenters. The number of benzene rings is 2. The highest BCUT2D eigenvalue weighted by Gasteiger charge is 2.07. The van der Waals surface area contributed by atoms with Gasteiger partial charge in [0.1, 0.15) is 5.82 Å². The monoisotopic (exact) mass is 389 g/mol. The fourth-order valence-corrected chi connectivity index (χ4v) is 2.31. The van der Waals surface area contributed by atoms with E-state index in [2.05, 4.69) is 5.32 Å². The zero-order valence-corrected chi connectivity index (χ0v) is 12.7.